The highest BCUT2D eigenvalue weighted by atomic mass is 16.5. The minimum Gasteiger partial charge on any atom is -0.468 e. The van der Waals surface area contributed by atoms with Crippen molar-refractivity contribution in [3.05, 3.63) is 0 Å². The molecule has 1 atom stereocenters. The van der Waals surface area contributed by atoms with Gasteiger partial charge in [0.2, 0.25) is 0 Å². The first-order valence-corrected chi connectivity index (χ1v) is 4.11. The average Bonchev–Trinajstić information content (AvgIpc) is 2.50. The molecule has 0 aliphatic carbocycles. The molecule has 0 bridgehead atoms. The van der Waals surface area contributed by atoms with Crippen LogP contribution in [0.2, 0.25) is 0 Å². The third-order valence-corrected chi connectivity index (χ3v) is 2.24. The SMILES string of the molecule is CCN1CCC[C@H]1C(=O)OC. The van der Waals surface area contributed by atoms with Gasteiger partial charge < -0.3 is 4.74 Å². The van der Waals surface area contributed by atoms with Gasteiger partial charge in [-0.05, 0) is 25.9 Å². The van der Waals surface area contributed by atoms with Crippen LogP contribution in [0.15, 0.2) is 0 Å². The summed E-state index contributed by atoms with van der Waals surface area (Å²) in [7, 11) is 1.45. The number of carbonyl (C=O) groups is 1. The van der Waals surface area contributed by atoms with Crippen LogP contribution in [0.25, 0.3) is 0 Å². The van der Waals surface area contributed by atoms with Gasteiger partial charge in [0.25, 0.3) is 0 Å². The molecule has 0 unspecified atom stereocenters. The van der Waals surface area contributed by atoms with Crippen LogP contribution in [0.3, 0.4) is 0 Å². The van der Waals surface area contributed by atoms with Crippen LogP contribution in [0.1, 0.15) is 19.8 Å². The quantitative estimate of drug-likeness (QED) is 0.551. The summed E-state index contributed by atoms with van der Waals surface area (Å²) in [5, 5.41) is 0. The third-order valence-electron chi connectivity index (χ3n) is 2.24. The van der Waals surface area contributed by atoms with E-state index in [0.717, 1.165) is 25.9 Å². The van der Waals surface area contributed by atoms with Gasteiger partial charge in [0.15, 0.2) is 0 Å². The van der Waals surface area contributed by atoms with Crippen LogP contribution in [0.4, 0.5) is 0 Å². The minimum absolute atomic E-state index is 0.0324. The van der Waals surface area contributed by atoms with Gasteiger partial charge in [0.05, 0.1) is 7.11 Å². The fraction of sp³-hybridized carbons (Fsp3) is 0.875. The van der Waals surface area contributed by atoms with Gasteiger partial charge in [-0.25, -0.2) is 0 Å². The smallest absolute Gasteiger partial charge is 0.323 e. The Balaban J connectivity index is 2.49. The number of hydrogen-bond acceptors (Lipinski definition) is 3. The summed E-state index contributed by atoms with van der Waals surface area (Å²) in [4.78, 5) is 13.3. The fourth-order valence-corrected chi connectivity index (χ4v) is 1.61. The standard InChI is InChI=1S/C8H15NO2/c1-3-9-6-4-5-7(9)8(10)11-2/h7H,3-6H2,1-2H3/t7-/m0/s1. The van der Waals surface area contributed by atoms with E-state index in [4.69, 9.17) is 0 Å². The summed E-state index contributed by atoms with van der Waals surface area (Å²) in [6.45, 7) is 4.05. The fourth-order valence-electron chi connectivity index (χ4n) is 1.61. The Hall–Kier alpha value is -0.570. The first-order chi connectivity index (χ1) is 5.29. The molecule has 1 rings (SSSR count). The summed E-state index contributed by atoms with van der Waals surface area (Å²) in [5.41, 5.74) is 0. The predicted octanol–water partition coefficient (Wildman–Crippen LogP) is 0.644. The third kappa shape index (κ3) is 1.71. The number of ether oxygens (including phenoxy) is 1. The van der Waals surface area contributed by atoms with Crippen LogP contribution in [0, 0.1) is 0 Å². The highest BCUT2D eigenvalue weighted by Gasteiger charge is 2.29. The number of rotatable bonds is 2. The van der Waals surface area contributed by atoms with E-state index in [-0.39, 0.29) is 12.0 Å². The molecule has 1 aliphatic heterocycles. The molecule has 11 heavy (non-hydrogen) atoms. The molecule has 0 amide bonds. The van der Waals surface area contributed by atoms with E-state index < -0.39 is 0 Å². The molecule has 1 saturated heterocycles. The summed E-state index contributed by atoms with van der Waals surface area (Å²) in [5.74, 6) is -0.0793. The number of likely N-dealkylation sites (tertiary alicyclic amines) is 1. The number of esters is 1. The minimum atomic E-state index is -0.0793. The van der Waals surface area contributed by atoms with Gasteiger partial charge in [0.1, 0.15) is 6.04 Å². The van der Waals surface area contributed by atoms with Crippen molar-refractivity contribution in [1.29, 1.82) is 0 Å². The lowest BCUT2D eigenvalue weighted by molar-refractivity contribution is -0.145. The molecule has 0 aromatic rings. The molecule has 3 nitrogen and oxygen atoms in total. The van der Waals surface area contributed by atoms with E-state index in [2.05, 4.69) is 16.6 Å². The molecule has 3 heteroatoms. The highest BCUT2D eigenvalue weighted by molar-refractivity contribution is 5.75. The zero-order valence-corrected chi connectivity index (χ0v) is 7.17. The Morgan fingerprint density at radius 1 is 1.73 bits per heavy atom. The summed E-state index contributed by atoms with van der Waals surface area (Å²) in [6, 6.07) is 0.0324. The number of likely N-dealkylation sites (N-methyl/N-ethyl adjacent to an activating group) is 1. The lowest BCUT2D eigenvalue weighted by atomic mass is 10.2. The molecule has 0 spiro atoms. The van der Waals surface area contributed by atoms with Gasteiger partial charge in [-0.3, -0.25) is 9.69 Å². The molecule has 0 saturated carbocycles. The molecule has 1 heterocycles. The Morgan fingerprint density at radius 3 is 3.00 bits per heavy atom. The monoisotopic (exact) mass is 157 g/mol. The Morgan fingerprint density at radius 2 is 2.45 bits per heavy atom. The van der Waals surface area contributed by atoms with Crippen molar-refractivity contribution in [3.8, 4) is 0 Å². The zero-order valence-electron chi connectivity index (χ0n) is 7.17. The van der Waals surface area contributed by atoms with Gasteiger partial charge in [-0.2, -0.15) is 0 Å². The molecule has 0 radical (unpaired) electrons. The van der Waals surface area contributed by atoms with E-state index in [1.807, 2.05) is 0 Å². The molecular weight excluding hydrogens is 142 g/mol. The van der Waals surface area contributed by atoms with Crippen molar-refractivity contribution >= 4 is 5.97 Å². The Kier molecular flexibility index (Phi) is 2.88. The summed E-state index contributed by atoms with van der Waals surface area (Å²) in [6.07, 6.45) is 2.08. The molecule has 1 aliphatic rings. The van der Waals surface area contributed by atoms with E-state index in [1.54, 1.807) is 0 Å². The van der Waals surface area contributed by atoms with Crippen molar-refractivity contribution in [1.82, 2.24) is 4.90 Å². The normalized spacial score (nSPS) is 25.5. The number of nitrogens with zero attached hydrogens (tertiary/aromatic N) is 1. The van der Waals surface area contributed by atoms with E-state index in [9.17, 15) is 4.79 Å². The van der Waals surface area contributed by atoms with Crippen molar-refractivity contribution in [2.45, 2.75) is 25.8 Å². The maximum absolute atomic E-state index is 11.1. The second-order valence-corrected chi connectivity index (χ2v) is 2.81. The molecule has 0 aromatic carbocycles. The Labute approximate surface area is 67.3 Å². The largest absolute Gasteiger partial charge is 0.468 e. The average molecular weight is 157 g/mol. The zero-order chi connectivity index (χ0) is 8.27. The van der Waals surface area contributed by atoms with Gasteiger partial charge in [-0.1, -0.05) is 6.92 Å². The number of methoxy groups -OCH3 is 1. The molecule has 0 aromatic heterocycles. The second kappa shape index (κ2) is 3.72. The van der Waals surface area contributed by atoms with Crippen LogP contribution in [0.5, 0.6) is 0 Å². The predicted molar refractivity (Wildman–Crippen MR) is 42.3 cm³/mol. The van der Waals surface area contributed by atoms with Crippen LogP contribution < -0.4 is 0 Å². The van der Waals surface area contributed by atoms with Crippen molar-refractivity contribution in [2.24, 2.45) is 0 Å². The number of hydrogen-bond donors (Lipinski definition) is 0. The first-order valence-electron chi connectivity index (χ1n) is 4.11. The van der Waals surface area contributed by atoms with Gasteiger partial charge in [-0.15, -0.1) is 0 Å². The second-order valence-electron chi connectivity index (χ2n) is 2.81. The van der Waals surface area contributed by atoms with E-state index in [1.165, 1.54) is 7.11 Å². The van der Waals surface area contributed by atoms with E-state index >= 15 is 0 Å². The maximum Gasteiger partial charge on any atom is 0.323 e. The molecule has 1 fully saturated rings. The summed E-state index contributed by atoms with van der Waals surface area (Å²) < 4.78 is 4.69. The van der Waals surface area contributed by atoms with Crippen LogP contribution in [-0.4, -0.2) is 37.1 Å². The first kappa shape index (κ1) is 8.53. The van der Waals surface area contributed by atoms with Crippen molar-refractivity contribution in [3.63, 3.8) is 0 Å². The van der Waals surface area contributed by atoms with Gasteiger partial charge in [0, 0.05) is 0 Å². The van der Waals surface area contributed by atoms with Crippen LogP contribution >= 0.6 is 0 Å². The highest BCUT2D eigenvalue weighted by Crippen LogP contribution is 2.17. The molecule has 64 valence electrons. The number of carbonyl (C=O) groups excluding carboxylic acids is 1. The molecular formula is C8H15NO2. The van der Waals surface area contributed by atoms with Crippen molar-refractivity contribution < 1.29 is 9.53 Å². The van der Waals surface area contributed by atoms with Gasteiger partial charge >= 0.3 is 5.97 Å². The lowest BCUT2D eigenvalue weighted by Crippen LogP contribution is -2.36. The Bertz CT molecular complexity index is 147. The molecule has 0 N–H and O–H groups in total. The lowest BCUT2D eigenvalue weighted by Gasteiger charge is -2.19. The van der Waals surface area contributed by atoms with Crippen LogP contribution in [-0.2, 0) is 9.53 Å². The topological polar surface area (TPSA) is 29.5 Å². The van der Waals surface area contributed by atoms with Crippen molar-refractivity contribution in [2.75, 3.05) is 20.2 Å². The summed E-state index contributed by atoms with van der Waals surface area (Å²) >= 11 is 0. The maximum atomic E-state index is 11.1. The van der Waals surface area contributed by atoms with E-state index in [0.29, 0.717) is 0 Å².